The van der Waals surface area contributed by atoms with Gasteiger partial charge in [0.05, 0.1) is 5.56 Å². The van der Waals surface area contributed by atoms with Crippen molar-refractivity contribution in [3.63, 3.8) is 0 Å². The standard InChI is InChI=1S/C13H8FNOS/c14-12-6-9(3-4-10(12)8-15)13(16)7-11-2-1-5-17-11/h1-6H,7H2. The molecular weight excluding hydrogens is 237 g/mol. The molecule has 0 saturated carbocycles. The van der Waals surface area contributed by atoms with Gasteiger partial charge in [-0.15, -0.1) is 11.3 Å². The number of carbonyl (C=O) groups is 1. The molecule has 0 bridgehead atoms. The molecule has 0 aliphatic heterocycles. The molecular formula is C13H8FNOS. The minimum absolute atomic E-state index is 0.0438. The van der Waals surface area contributed by atoms with Crippen LogP contribution in [0.4, 0.5) is 4.39 Å². The zero-order valence-electron chi connectivity index (χ0n) is 8.81. The van der Waals surface area contributed by atoms with E-state index in [0.717, 1.165) is 10.9 Å². The first-order valence-corrected chi connectivity index (χ1v) is 5.84. The molecule has 4 heteroatoms. The van der Waals surface area contributed by atoms with Crippen LogP contribution in [0.5, 0.6) is 0 Å². The average Bonchev–Trinajstić information content (AvgIpc) is 2.81. The lowest BCUT2D eigenvalue weighted by molar-refractivity contribution is 0.0993. The summed E-state index contributed by atoms with van der Waals surface area (Å²) < 4.78 is 13.3. The van der Waals surface area contributed by atoms with Crippen molar-refractivity contribution in [3.05, 3.63) is 57.5 Å². The Bertz CT molecular complexity index is 584. The summed E-state index contributed by atoms with van der Waals surface area (Å²) in [5.74, 6) is -0.791. The van der Waals surface area contributed by atoms with Crippen molar-refractivity contribution in [1.29, 1.82) is 5.26 Å². The highest BCUT2D eigenvalue weighted by Crippen LogP contribution is 2.15. The topological polar surface area (TPSA) is 40.9 Å². The van der Waals surface area contributed by atoms with E-state index in [2.05, 4.69) is 0 Å². The van der Waals surface area contributed by atoms with Crippen LogP contribution in [0.1, 0.15) is 20.8 Å². The second kappa shape index (κ2) is 4.89. The van der Waals surface area contributed by atoms with Crippen LogP contribution < -0.4 is 0 Å². The molecule has 1 aromatic heterocycles. The van der Waals surface area contributed by atoms with Crippen molar-refractivity contribution in [3.8, 4) is 6.07 Å². The summed E-state index contributed by atoms with van der Waals surface area (Å²) >= 11 is 1.49. The highest BCUT2D eigenvalue weighted by Gasteiger charge is 2.10. The number of benzene rings is 1. The van der Waals surface area contributed by atoms with Crippen molar-refractivity contribution >= 4 is 17.1 Å². The minimum Gasteiger partial charge on any atom is -0.294 e. The van der Waals surface area contributed by atoms with Crippen molar-refractivity contribution in [2.24, 2.45) is 0 Å². The summed E-state index contributed by atoms with van der Waals surface area (Å²) in [6, 6.07) is 9.39. The van der Waals surface area contributed by atoms with Crippen LogP contribution in [0, 0.1) is 17.1 Å². The fourth-order valence-electron chi connectivity index (χ4n) is 1.45. The van der Waals surface area contributed by atoms with Crippen LogP contribution >= 0.6 is 11.3 Å². The Kier molecular flexibility index (Phi) is 3.31. The van der Waals surface area contributed by atoms with Gasteiger partial charge in [-0.3, -0.25) is 4.79 Å². The Hall–Kier alpha value is -1.99. The van der Waals surface area contributed by atoms with Gasteiger partial charge in [-0.2, -0.15) is 5.26 Å². The van der Waals surface area contributed by atoms with E-state index in [4.69, 9.17) is 5.26 Å². The molecule has 1 heterocycles. The molecule has 2 aromatic rings. The van der Waals surface area contributed by atoms with Gasteiger partial charge in [0.2, 0.25) is 0 Å². The molecule has 0 radical (unpaired) electrons. The van der Waals surface area contributed by atoms with Crippen LogP contribution in [-0.2, 0) is 6.42 Å². The van der Waals surface area contributed by atoms with E-state index >= 15 is 0 Å². The molecule has 17 heavy (non-hydrogen) atoms. The van der Waals surface area contributed by atoms with Gasteiger partial charge in [-0.1, -0.05) is 6.07 Å². The largest absolute Gasteiger partial charge is 0.294 e. The molecule has 2 nitrogen and oxygen atoms in total. The molecule has 0 fully saturated rings. The van der Waals surface area contributed by atoms with Gasteiger partial charge in [-0.05, 0) is 29.6 Å². The Labute approximate surface area is 102 Å². The predicted octanol–water partition coefficient (Wildman–Crippen LogP) is 3.18. The fourth-order valence-corrected chi connectivity index (χ4v) is 2.16. The van der Waals surface area contributed by atoms with Crippen LogP contribution in [0.25, 0.3) is 0 Å². The number of carbonyl (C=O) groups excluding carboxylic acids is 1. The van der Waals surface area contributed by atoms with Gasteiger partial charge in [-0.25, -0.2) is 4.39 Å². The van der Waals surface area contributed by atoms with E-state index in [0.29, 0.717) is 5.56 Å². The molecule has 2 rings (SSSR count). The van der Waals surface area contributed by atoms with Crippen molar-refractivity contribution < 1.29 is 9.18 Å². The van der Waals surface area contributed by atoms with Gasteiger partial charge < -0.3 is 0 Å². The maximum absolute atomic E-state index is 13.3. The number of rotatable bonds is 3. The SMILES string of the molecule is N#Cc1ccc(C(=O)Cc2cccs2)cc1F. The first-order valence-electron chi connectivity index (χ1n) is 4.96. The van der Waals surface area contributed by atoms with E-state index < -0.39 is 5.82 Å². The number of nitriles is 1. The maximum atomic E-state index is 13.3. The number of halogens is 1. The summed E-state index contributed by atoms with van der Waals surface area (Å²) in [5, 5.41) is 10.5. The van der Waals surface area contributed by atoms with Gasteiger partial charge in [0.25, 0.3) is 0 Å². The van der Waals surface area contributed by atoms with E-state index in [1.807, 2.05) is 17.5 Å². The second-order valence-corrected chi connectivity index (χ2v) is 4.52. The molecule has 1 aromatic carbocycles. The number of nitrogens with zero attached hydrogens (tertiary/aromatic N) is 1. The number of Topliss-reactive ketones (excluding diaryl/α,β-unsaturated/α-hetero) is 1. The van der Waals surface area contributed by atoms with Gasteiger partial charge in [0.15, 0.2) is 5.78 Å². The monoisotopic (exact) mass is 245 g/mol. The van der Waals surface area contributed by atoms with Gasteiger partial charge in [0.1, 0.15) is 11.9 Å². The molecule has 0 atom stereocenters. The molecule has 0 amide bonds. The lowest BCUT2D eigenvalue weighted by atomic mass is 10.1. The Balaban J connectivity index is 2.21. The first kappa shape index (κ1) is 11.5. The quantitative estimate of drug-likeness (QED) is 0.779. The number of ketones is 1. The Morgan fingerprint density at radius 1 is 1.41 bits per heavy atom. The Morgan fingerprint density at radius 2 is 2.24 bits per heavy atom. The predicted molar refractivity (Wildman–Crippen MR) is 63.5 cm³/mol. The number of hydrogen-bond acceptors (Lipinski definition) is 3. The fraction of sp³-hybridized carbons (Fsp3) is 0.0769. The number of hydrogen-bond donors (Lipinski definition) is 0. The molecule has 0 unspecified atom stereocenters. The first-order chi connectivity index (χ1) is 8.20. The molecule has 0 spiro atoms. The van der Waals surface area contributed by atoms with E-state index in [9.17, 15) is 9.18 Å². The van der Waals surface area contributed by atoms with E-state index in [1.54, 1.807) is 6.07 Å². The third kappa shape index (κ3) is 2.58. The zero-order chi connectivity index (χ0) is 12.3. The summed E-state index contributed by atoms with van der Waals surface area (Å²) in [4.78, 5) is 12.8. The molecule has 0 saturated heterocycles. The second-order valence-electron chi connectivity index (χ2n) is 3.49. The average molecular weight is 245 g/mol. The molecule has 84 valence electrons. The zero-order valence-corrected chi connectivity index (χ0v) is 9.63. The highest BCUT2D eigenvalue weighted by atomic mass is 32.1. The molecule has 0 aliphatic carbocycles. The van der Waals surface area contributed by atoms with Crippen LogP contribution in [0.15, 0.2) is 35.7 Å². The van der Waals surface area contributed by atoms with E-state index in [1.165, 1.54) is 23.5 Å². The minimum atomic E-state index is -0.649. The van der Waals surface area contributed by atoms with Crippen LogP contribution in [0.2, 0.25) is 0 Å². The summed E-state index contributed by atoms with van der Waals surface area (Å²) in [6.07, 6.45) is 0.267. The van der Waals surface area contributed by atoms with E-state index in [-0.39, 0.29) is 17.8 Å². The summed E-state index contributed by atoms with van der Waals surface area (Å²) in [7, 11) is 0. The lowest BCUT2D eigenvalue weighted by Crippen LogP contribution is -2.03. The highest BCUT2D eigenvalue weighted by molar-refractivity contribution is 7.10. The third-order valence-electron chi connectivity index (χ3n) is 2.33. The van der Waals surface area contributed by atoms with Crippen molar-refractivity contribution in [1.82, 2.24) is 0 Å². The maximum Gasteiger partial charge on any atom is 0.168 e. The summed E-state index contributed by atoms with van der Waals surface area (Å²) in [5.41, 5.74) is 0.257. The van der Waals surface area contributed by atoms with Crippen molar-refractivity contribution in [2.45, 2.75) is 6.42 Å². The van der Waals surface area contributed by atoms with Gasteiger partial charge in [0, 0.05) is 16.9 Å². The smallest absolute Gasteiger partial charge is 0.168 e. The van der Waals surface area contributed by atoms with Crippen LogP contribution in [0.3, 0.4) is 0 Å². The molecule has 0 aliphatic rings. The van der Waals surface area contributed by atoms with Gasteiger partial charge >= 0.3 is 0 Å². The van der Waals surface area contributed by atoms with Crippen LogP contribution in [-0.4, -0.2) is 5.78 Å². The molecule has 0 N–H and O–H groups in total. The van der Waals surface area contributed by atoms with Crippen molar-refractivity contribution in [2.75, 3.05) is 0 Å². The summed E-state index contributed by atoms with van der Waals surface area (Å²) in [6.45, 7) is 0. The normalized spacial score (nSPS) is 9.88. The Morgan fingerprint density at radius 3 is 2.82 bits per heavy atom. The lowest BCUT2D eigenvalue weighted by Gasteiger charge is -2.00. The third-order valence-corrected chi connectivity index (χ3v) is 3.20. The number of thiophene rings is 1.